The molecule has 9 heteroatoms. The zero-order valence-corrected chi connectivity index (χ0v) is 18.9. The third-order valence-corrected chi connectivity index (χ3v) is 6.16. The van der Waals surface area contributed by atoms with E-state index in [1.807, 2.05) is 26.0 Å². The Balaban J connectivity index is 1.35. The normalized spacial score (nSPS) is 13.2. The molecule has 0 unspecified atom stereocenters. The average molecular weight is 456 g/mol. The van der Waals surface area contributed by atoms with Crippen LogP contribution in [0.3, 0.4) is 0 Å². The number of nitrogen functional groups attached to an aromatic ring is 1. The molecular weight excluding hydrogens is 429 g/mol. The van der Waals surface area contributed by atoms with Crippen LogP contribution in [0.1, 0.15) is 35.4 Å². The van der Waals surface area contributed by atoms with Gasteiger partial charge < -0.3 is 15.5 Å². The molecule has 0 atom stereocenters. The molecule has 2 N–H and O–H groups in total. The van der Waals surface area contributed by atoms with Crippen molar-refractivity contribution in [3.05, 3.63) is 70.8 Å². The van der Waals surface area contributed by atoms with E-state index in [4.69, 9.17) is 10.6 Å². The molecule has 0 radical (unpaired) electrons. The predicted octanol–water partition coefficient (Wildman–Crippen LogP) is 3.61. The molecule has 0 aliphatic heterocycles. The quantitative estimate of drug-likeness (QED) is 0.392. The number of benzene rings is 2. The topological polar surface area (TPSA) is 86.3 Å². The van der Waals surface area contributed by atoms with Crippen molar-refractivity contribution >= 4 is 17.7 Å². The van der Waals surface area contributed by atoms with Crippen molar-refractivity contribution in [1.82, 2.24) is 19.8 Å². The Morgan fingerprint density at radius 3 is 2.62 bits per heavy atom. The van der Waals surface area contributed by atoms with E-state index in [9.17, 15) is 9.18 Å². The monoisotopic (exact) mass is 455 g/mol. The van der Waals surface area contributed by atoms with E-state index >= 15 is 0 Å². The molecule has 0 spiro atoms. The van der Waals surface area contributed by atoms with Gasteiger partial charge in [0, 0.05) is 18.2 Å². The Kier molecular flexibility index (Phi) is 6.64. The van der Waals surface area contributed by atoms with Crippen LogP contribution in [0.5, 0.6) is 5.75 Å². The van der Waals surface area contributed by atoms with E-state index in [0.29, 0.717) is 16.5 Å². The standard InChI is InChI=1S/C23H26FN5O2S/c1-15-9-16(2)11-19(10-15)31-13-21-26-27-23(29(21)25)32-14-22(30)28(18-7-8-18)12-17-5-3-4-6-20(17)24/h3-6,9-11,18H,7-8,12-14,25H2,1-2H3. The van der Waals surface area contributed by atoms with E-state index in [1.54, 1.807) is 23.1 Å². The van der Waals surface area contributed by atoms with E-state index in [-0.39, 0.29) is 36.7 Å². The molecule has 1 aliphatic carbocycles. The van der Waals surface area contributed by atoms with Gasteiger partial charge in [-0.25, -0.2) is 9.07 Å². The Hall–Kier alpha value is -3.07. The van der Waals surface area contributed by atoms with Crippen molar-refractivity contribution in [2.24, 2.45) is 0 Å². The minimum Gasteiger partial charge on any atom is -0.486 e. The fourth-order valence-corrected chi connectivity index (χ4v) is 4.26. The minimum absolute atomic E-state index is 0.0724. The summed E-state index contributed by atoms with van der Waals surface area (Å²) >= 11 is 1.21. The first kappa shape index (κ1) is 22.1. The van der Waals surface area contributed by atoms with Gasteiger partial charge in [0.25, 0.3) is 0 Å². The Morgan fingerprint density at radius 2 is 1.94 bits per heavy atom. The van der Waals surface area contributed by atoms with Crippen molar-refractivity contribution < 1.29 is 13.9 Å². The fourth-order valence-electron chi connectivity index (χ4n) is 3.49. The Labute approximate surface area is 190 Å². The van der Waals surface area contributed by atoms with Gasteiger partial charge in [0.05, 0.1) is 5.75 Å². The molecule has 7 nitrogen and oxygen atoms in total. The minimum atomic E-state index is -0.297. The van der Waals surface area contributed by atoms with Gasteiger partial charge >= 0.3 is 0 Å². The first-order valence-electron chi connectivity index (χ1n) is 10.5. The number of nitrogens with zero attached hydrogens (tertiary/aromatic N) is 4. The van der Waals surface area contributed by atoms with Crippen LogP contribution in [-0.2, 0) is 17.9 Å². The molecule has 4 rings (SSSR count). The van der Waals surface area contributed by atoms with E-state index in [1.165, 1.54) is 22.5 Å². The van der Waals surface area contributed by atoms with Gasteiger partial charge in [-0.15, -0.1) is 10.2 Å². The van der Waals surface area contributed by atoms with Crippen molar-refractivity contribution in [1.29, 1.82) is 0 Å². The van der Waals surface area contributed by atoms with Gasteiger partial charge in [-0.2, -0.15) is 0 Å². The maximum absolute atomic E-state index is 14.0. The highest BCUT2D eigenvalue weighted by Crippen LogP contribution is 2.30. The van der Waals surface area contributed by atoms with Gasteiger partial charge in [-0.1, -0.05) is 36.0 Å². The average Bonchev–Trinajstić information content (AvgIpc) is 3.53. The number of thioether (sulfide) groups is 1. The summed E-state index contributed by atoms with van der Waals surface area (Å²) in [7, 11) is 0. The molecule has 1 amide bonds. The summed E-state index contributed by atoms with van der Waals surface area (Å²) in [5.41, 5.74) is 2.74. The number of ether oxygens (including phenoxy) is 1. The van der Waals surface area contributed by atoms with Gasteiger partial charge in [0.2, 0.25) is 11.1 Å². The molecule has 0 saturated heterocycles. The molecule has 0 bridgehead atoms. The highest BCUT2D eigenvalue weighted by molar-refractivity contribution is 7.99. The maximum Gasteiger partial charge on any atom is 0.233 e. The van der Waals surface area contributed by atoms with Gasteiger partial charge in [-0.05, 0) is 56.0 Å². The van der Waals surface area contributed by atoms with Gasteiger partial charge in [0.1, 0.15) is 18.2 Å². The molecule has 1 heterocycles. The van der Waals surface area contributed by atoms with Crippen LogP contribution in [0.15, 0.2) is 47.6 Å². The first-order chi connectivity index (χ1) is 15.4. The SMILES string of the molecule is Cc1cc(C)cc(OCc2nnc(SCC(=O)N(Cc3ccccc3F)C3CC3)n2N)c1. The second kappa shape index (κ2) is 9.60. The third-order valence-electron chi connectivity index (χ3n) is 5.23. The molecule has 1 fully saturated rings. The number of nitrogens with two attached hydrogens (primary N) is 1. The molecular formula is C23H26FN5O2S. The molecule has 1 aromatic heterocycles. The molecule has 2 aromatic carbocycles. The van der Waals surface area contributed by atoms with Crippen LogP contribution in [0.4, 0.5) is 4.39 Å². The van der Waals surface area contributed by atoms with Crippen LogP contribution >= 0.6 is 11.8 Å². The number of aryl methyl sites for hydroxylation is 2. The second-order valence-corrected chi connectivity index (χ2v) is 8.96. The Bertz CT molecular complexity index is 1100. The third kappa shape index (κ3) is 5.40. The van der Waals surface area contributed by atoms with Crippen molar-refractivity contribution in [2.75, 3.05) is 11.6 Å². The Morgan fingerprint density at radius 1 is 1.22 bits per heavy atom. The summed E-state index contributed by atoms with van der Waals surface area (Å²) < 4.78 is 21.2. The molecule has 32 heavy (non-hydrogen) atoms. The number of hydrogen-bond donors (Lipinski definition) is 1. The van der Waals surface area contributed by atoms with Gasteiger partial charge in [-0.3, -0.25) is 4.79 Å². The smallest absolute Gasteiger partial charge is 0.233 e. The first-order valence-corrected chi connectivity index (χ1v) is 11.5. The zero-order valence-electron chi connectivity index (χ0n) is 18.1. The van der Waals surface area contributed by atoms with Crippen LogP contribution in [-0.4, -0.2) is 37.5 Å². The lowest BCUT2D eigenvalue weighted by atomic mass is 10.1. The van der Waals surface area contributed by atoms with Crippen molar-refractivity contribution in [2.45, 2.75) is 51.0 Å². The lowest BCUT2D eigenvalue weighted by Crippen LogP contribution is -2.34. The number of rotatable bonds is 9. The van der Waals surface area contributed by atoms with Crippen LogP contribution in [0.25, 0.3) is 0 Å². The van der Waals surface area contributed by atoms with E-state index < -0.39 is 0 Å². The molecule has 1 aliphatic rings. The van der Waals surface area contributed by atoms with Crippen molar-refractivity contribution in [3.63, 3.8) is 0 Å². The molecule has 168 valence electrons. The lowest BCUT2D eigenvalue weighted by Gasteiger charge is -2.22. The highest BCUT2D eigenvalue weighted by atomic mass is 32.2. The summed E-state index contributed by atoms with van der Waals surface area (Å²) in [6.07, 6.45) is 1.88. The number of aromatic nitrogens is 3. The molecule has 1 saturated carbocycles. The number of carbonyl (C=O) groups excluding carboxylic acids is 1. The number of hydrogen-bond acceptors (Lipinski definition) is 6. The summed E-state index contributed by atoms with van der Waals surface area (Å²) in [4.78, 5) is 14.6. The number of carbonyl (C=O) groups is 1. The summed E-state index contributed by atoms with van der Waals surface area (Å²) in [5, 5.41) is 8.62. The summed E-state index contributed by atoms with van der Waals surface area (Å²) in [6.45, 7) is 4.45. The maximum atomic E-state index is 14.0. The zero-order chi connectivity index (χ0) is 22.7. The van der Waals surface area contributed by atoms with Crippen LogP contribution in [0, 0.1) is 19.7 Å². The van der Waals surface area contributed by atoms with Crippen LogP contribution in [0.2, 0.25) is 0 Å². The predicted molar refractivity (Wildman–Crippen MR) is 121 cm³/mol. The number of halogens is 1. The van der Waals surface area contributed by atoms with E-state index in [0.717, 1.165) is 29.7 Å². The van der Waals surface area contributed by atoms with Crippen LogP contribution < -0.4 is 10.6 Å². The summed E-state index contributed by atoms with van der Waals surface area (Å²) in [5.74, 6) is 7.10. The van der Waals surface area contributed by atoms with Crippen molar-refractivity contribution in [3.8, 4) is 5.75 Å². The summed E-state index contributed by atoms with van der Waals surface area (Å²) in [6, 6.07) is 12.7. The largest absolute Gasteiger partial charge is 0.486 e. The fraction of sp³-hybridized carbons (Fsp3) is 0.348. The van der Waals surface area contributed by atoms with Gasteiger partial charge in [0.15, 0.2) is 5.82 Å². The second-order valence-electron chi connectivity index (χ2n) is 8.01. The highest BCUT2D eigenvalue weighted by Gasteiger charge is 2.33. The number of amides is 1. The molecule has 3 aromatic rings. The van der Waals surface area contributed by atoms with E-state index in [2.05, 4.69) is 16.3 Å². The lowest BCUT2D eigenvalue weighted by molar-refractivity contribution is -0.129.